The topological polar surface area (TPSA) is 61.3 Å². The summed E-state index contributed by atoms with van der Waals surface area (Å²) in [6, 6.07) is 5.43. The lowest BCUT2D eigenvalue weighted by Crippen LogP contribution is -2.16. The van der Waals surface area contributed by atoms with Crippen LogP contribution in [0.1, 0.15) is 25.8 Å². The molecule has 2 aromatic rings. The fourth-order valence-corrected chi connectivity index (χ4v) is 1.53. The van der Waals surface area contributed by atoms with Crippen molar-refractivity contribution >= 4 is 11.1 Å². The first kappa shape index (κ1) is 11.0. The normalized spacial score (nSPS) is 13.3. The van der Waals surface area contributed by atoms with Gasteiger partial charge in [-0.1, -0.05) is 19.9 Å². The Kier molecular flexibility index (Phi) is 2.83. The molecule has 0 aliphatic rings. The monoisotopic (exact) mass is 220 g/mol. The Hall–Kier alpha value is -1.55. The zero-order valence-corrected chi connectivity index (χ0v) is 9.73. The molecule has 0 aliphatic heterocycles. The molecule has 0 aliphatic carbocycles. The molecule has 0 fully saturated rings. The summed E-state index contributed by atoms with van der Waals surface area (Å²) in [5.74, 6) is 1.54. The van der Waals surface area contributed by atoms with E-state index in [1.807, 2.05) is 32.0 Å². The van der Waals surface area contributed by atoms with E-state index in [0.717, 1.165) is 5.52 Å². The van der Waals surface area contributed by atoms with Crippen LogP contribution in [0.5, 0.6) is 5.75 Å². The van der Waals surface area contributed by atoms with Crippen LogP contribution in [-0.4, -0.2) is 12.1 Å². The van der Waals surface area contributed by atoms with Crippen LogP contribution in [0.2, 0.25) is 0 Å². The van der Waals surface area contributed by atoms with Crippen LogP contribution in [0.3, 0.4) is 0 Å². The van der Waals surface area contributed by atoms with Crippen LogP contribution in [-0.2, 0) is 0 Å². The first-order chi connectivity index (χ1) is 7.63. The Morgan fingerprint density at radius 3 is 2.75 bits per heavy atom. The number of fused-ring (bicyclic) bond motifs is 1. The van der Waals surface area contributed by atoms with E-state index in [1.165, 1.54) is 0 Å². The van der Waals surface area contributed by atoms with Gasteiger partial charge in [-0.2, -0.15) is 0 Å². The van der Waals surface area contributed by atoms with Crippen molar-refractivity contribution in [2.24, 2.45) is 11.7 Å². The molecule has 1 unspecified atom stereocenters. The Bertz CT molecular complexity index is 491. The van der Waals surface area contributed by atoms with Crippen LogP contribution >= 0.6 is 0 Å². The van der Waals surface area contributed by atoms with Gasteiger partial charge in [-0.25, -0.2) is 4.98 Å². The van der Waals surface area contributed by atoms with E-state index < -0.39 is 0 Å². The number of aromatic nitrogens is 1. The van der Waals surface area contributed by atoms with Crippen molar-refractivity contribution in [2.75, 3.05) is 7.11 Å². The summed E-state index contributed by atoms with van der Waals surface area (Å²) in [5, 5.41) is 0. The van der Waals surface area contributed by atoms with Crippen LogP contribution in [0.4, 0.5) is 0 Å². The van der Waals surface area contributed by atoms with Crippen LogP contribution in [0.25, 0.3) is 11.1 Å². The third kappa shape index (κ3) is 1.76. The van der Waals surface area contributed by atoms with Crippen LogP contribution in [0, 0.1) is 5.92 Å². The van der Waals surface area contributed by atoms with Gasteiger partial charge >= 0.3 is 0 Å². The van der Waals surface area contributed by atoms with Crippen molar-refractivity contribution in [1.29, 1.82) is 0 Å². The third-order valence-electron chi connectivity index (χ3n) is 2.62. The molecular formula is C12H16N2O2. The predicted molar refractivity (Wildman–Crippen MR) is 62.3 cm³/mol. The molecule has 16 heavy (non-hydrogen) atoms. The second-order valence-electron chi connectivity index (χ2n) is 4.13. The minimum atomic E-state index is -0.183. The molecule has 0 spiro atoms. The highest BCUT2D eigenvalue weighted by atomic mass is 16.5. The van der Waals surface area contributed by atoms with Gasteiger partial charge in [0.2, 0.25) is 5.89 Å². The number of rotatable bonds is 3. The fourth-order valence-electron chi connectivity index (χ4n) is 1.53. The van der Waals surface area contributed by atoms with Gasteiger partial charge in [-0.3, -0.25) is 0 Å². The summed E-state index contributed by atoms with van der Waals surface area (Å²) in [5.41, 5.74) is 7.44. The van der Waals surface area contributed by atoms with Gasteiger partial charge in [0.25, 0.3) is 0 Å². The van der Waals surface area contributed by atoms with Crippen LogP contribution in [0.15, 0.2) is 22.6 Å². The van der Waals surface area contributed by atoms with Gasteiger partial charge < -0.3 is 14.9 Å². The van der Waals surface area contributed by atoms with Gasteiger partial charge in [-0.15, -0.1) is 0 Å². The number of methoxy groups -OCH3 is 1. The number of hydrogen-bond acceptors (Lipinski definition) is 4. The van der Waals surface area contributed by atoms with Crippen LogP contribution < -0.4 is 10.5 Å². The maximum absolute atomic E-state index is 6.00. The lowest BCUT2D eigenvalue weighted by molar-refractivity contribution is 0.383. The molecule has 0 saturated carbocycles. The summed E-state index contributed by atoms with van der Waals surface area (Å²) >= 11 is 0. The van der Waals surface area contributed by atoms with E-state index in [0.29, 0.717) is 23.1 Å². The third-order valence-corrected chi connectivity index (χ3v) is 2.62. The molecular weight excluding hydrogens is 204 g/mol. The average molecular weight is 220 g/mol. The first-order valence-corrected chi connectivity index (χ1v) is 5.32. The molecule has 1 atom stereocenters. The molecule has 1 heterocycles. The lowest BCUT2D eigenvalue weighted by atomic mass is 10.1. The van der Waals surface area contributed by atoms with Crippen molar-refractivity contribution in [3.05, 3.63) is 24.1 Å². The van der Waals surface area contributed by atoms with E-state index in [9.17, 15) is 0 Å². The molecule has 0 amide bonds. The molecule has 2 N–H and O–H groups in total. The zero-order valence-electron chi connectivity index (χ0n) is 9.73. The highest BCUT2D eigenvalue weighted by Gasteiger charge is 2.18. The van der Waals surface area contributed by atoms with E-state index in [2.05, 4.69) is 4.98 Å². The SMILES string of the molecule is COc1cccc2nc(C(N)C(C)C)oc12. The van der Waals surface area contributed by atoms with Gasteiger partial charge in [-0.05, 0) is 18.1 Å². The molecule has 2 rings (SSSR count). The Morgan fingerprint density at radius 2 is 2.12 bits per heavy atom. The second-order valence-corrected chi connectivity index (χ2v) is 4.13. The minimum absolute atomic E-state index is 0.183. The Labute approximate surface area is 94.4 Å². The lowest BCUT2D eigenvalue weighted by Gasteiger charge is -2.10. The maximum atomic E-state index is 6.00. The Morgan fingerprint density at radius 1 is 1.38 bits per heavy atom. The van der Waals surface area contributed by atoms with E-state index in [4.69, 9.17) is 14.9 Å². The predicted octanol–water partition coefficient (Wildman–Crippen LogP) is 2.49. The number of nitrogens with zero attached hydrogens (tertiary/aromatic N) is 1. The van der Waals surface area contributed by atoms with Gasteiger partial charge in [0.15, 0.2) is 11.3 Å². The standard InChI is InChI=1S/C12H16N2O2/c1-7(2)10(13)12-14-8-5-4-6-9(15-3)11(8)16-12/h4-7,10H,13H2,1-3H3. The van der Waals surface area contributed by atoms with Gasteiger partial charge in [0.05, 0.1) is 13.2 Å². The summed E-state index contributed by atoms with van der Waals surface area (Å²) in [7, 11) is 1.61. The number of para-hydroxylation sites is 1. The van der Waals surface area contributed by atoms with Crippen molar-refractivity contribution < 1.29 is 9.15 Å². The van der Waals surface area contributed by atoms with Crippen molar-refractivity contribution in [2.45, 2.75) is 19.9 Å². The molecule has 86 valence electrons. The van der Waals surface area contributed by atoms with Crippen molar-refractivity contribution in [3.63, 3.8) is 0 Å². The smallest absolute Gasteiger partial charge is 0.212 e. The number of oxazole rings is 1. The van der Waals surface area contributed by atoms with Gasteiger partial charge in [0.1, 0.15) is 5.52 Å². The van der Waals surface area contributed by atoms with Crippen molar-refractivity contribution in [1.82, 2.24) is 4.98 Å². The fraction of sp³-hybridized carbons (Fsp3) is 0.417. The number of ether oxygens (including phenoxy) is 1. The average Bonchev–Trinajstić information content (AvgIpc) is 2.70. The molecule has 0 saturated heterocycles. The highest BCUT2D eigenvalue weighted by molar-refractivity contribution is 5.79. The summed E-state index contributed by atoms with van der Waals surface area (Å²) in [6.45, 7) is 4.08. The maximum Gasteiger partial charge on any atom is 0.212 e. The first-order valence-electron chi connectivity index (χ1n) is 5.32. The number of hydrogen-bond donors (Lipinski definition) is 1. The highest BCUT2D eigenvalue weighted by Crippen LogP contribution is 2.29. The summed E-state index contributed by atoms with van der Waals surface area (Å²) in [4.78, 5) is 4.37. The largest absolute Gasteiger partial charge is 0.493 e. The van der Waals surface area contributed by atoms with E-state index in [1.54, 1.807) is 7.11 Å². The second kappa shape index (κ2) is 4.14. The number of nitrogens with two attached hydrogens (primary N) is 1. The Balaban J connectivity index is 2.51. The molecule has 0 bridgehead atoms. The van der Waals surface area contributed by atoms with Crippen molar-refractivity contribution in [3.8, 4) is 5.75 Å². The quantitative estimate of drug-likeness (QED) is 0.863. The minimum Gasteiger partial charge on any atom is -0.493 e. The van der Waals surface area contributed by atoms with E-state index >= 15 is 0 Å². The number of benzene rings is 1. The molecule has 1 aromatic carbocycles. The molecule has 4 nitrogen and oxygen atoms in total. The summed E-state index contributed by atoms with van der Waals surface area (Å²) < 4.78 is 10.9. The van der Waals surface area contributed by atoms with E-state index in [-0.39, 0.29) is 6.04 Å². The molecule has 1 aromatic heterocycles. The zero-order chi connectivity index (χ0) is 11.7. The molecule has 4 heteroatoms. The van der Waals surface area contributed by atoms with Gasteiger partial charge in [0, 0.05) is 0 Å². The summed E-state index contributed by atoms with van der Waals surface area (Å²) in [6.07, 6.45) is 0. The molecule has 0 radical (unpaired) electrons.